The monoisotopic (exact) mass is 465 g/mol. The van der Waals surface area contributed by atoms with Crippen LogP contribution >= 0.6 is 0 Å². The predicted octanol–water partition coefficient (Wildman–Crippen LogP) is 2.80. The van der Waals surface area contributed by atoms with E-state index in [9.17, 15) is 44.3 Å². The summed E-state index contributed by atoms with van der Waals surface area (Å²) in [5, 5.41) is -3.32. The number of rotatable bonds is 9. The quantitative estimate of drug-likeness (QED) is 0.189. The maximum Gasteiger partial charge on any atom is 0.466 e. The normalized spacial score (nSPS) is 14.5. The highest BCUT2D eigenvalue weighted by Gasteiger charge is 2.67. The van der Waals surface area contributed by atoms with Gasteiger partial charge in [-0.05, 0) is 12.1 Å². The average Bonchev–Trinajstić information content (AvgIpc) is 2.59. The molecule has 0 aliphatic heterocycles. The highest BCUT2D eigenvalue weighted by Crippen LogP contribution is 2.38. The van der Waals surface area contributed by atoms with Crippen LogP contribution < -0.4 is 5.32 Å². The van der Waals surface area contributed by atoms with Crippen molar-refractivity contribution in [1.82, 2.24) is 0 Å². The number of ether oxygens (including phenoxy) is 2. The fraction of sp³-hybridized carbons (Fsp3) is 0.333. The molecule has 1 rings (SSSR count). The van der Waals surface area contributed by atoms with Gasteiger partial charge in [0.15, 0.2) is 0 Å². The molecule has 0 saturated heterocycles. The maximum absolute atomic E-state index is 13.6. The van der Waals surface area contributed by atoms with Gasteiger partial charge in [0.05, 0.1) is 13.0 Å². The molecule has 1 aromatic rings. The van der Waals surface area contributed by atoms with E-state index in [1.165, 1.54) is 18.2 Å². The predicted molar refractivity (Wildman–Crippen MR) is 87.3 cm³/mol. The summed E-state index contributed by atoms with van der Waals surface area (Å²) in [6.45, 7) is 0.514. The van der Waals surface area contributed by atoms with Crippen LogP contribution in [0.3, 0.4) is 0 Å². The molecule has 0 bridgehead atoms. The van der Waals surface area contributed by atoms with Gasteiger partial charge in [-0.3, -0.25) is 9.35 Å². The number of alkyl halides is 5. The molecule has 0 fully saturated rings. The lowest BCUT2D eigenvalue weighted by molar-refractivity contribution is -0.346. The van der Waals surface area contributed by atoms with Crippen LogP contribution in [0.1, 0.15) is 6.42 Å². The van der Waals surface area contributed by atoms with Crippen LogP contribution in [-0.4, -0.2) is 48.7 Å². The molecule has 0 saturated carbocycles. The van der Waals surface area contributed by atoms with Crippen LogP contribution in [0.5, 0.6) is 0 Å². The minimum Gasteiger partial charge on any atom is -0.410 e. The van der Waals surface area contributed by atoms with Gasteiger partial charge in [-0.2, -0.15) is 34.8 Å². The Morgan fingerprint density at radius 2 is 1.63 bits per heavy atom. The van der Waals surface area contributed by atoms with Gasteiger partial charge in [-0.1, -0.05) is 24.8 Å². The number of hydrogen-bond acceptors (Lipinski definition) is 6. The Balaban J connectivity index is 3.31. The van der Waals surface area contributed by atoms with E-state index in [0.717, 1.165) is 12.1 Å². The van der Waals surface area contributed by atoms with Crippen molar-refractivity contribution in [1.29, 1.82) is 0 Å². The van der Waals surface area contributed by atoms with Gasteiger partial charge in [0.2, 0.25) is 5.83 Å². The average molecular weight is 465 g/mol. The van der Waals surface area contributed by atoms with Crippen molar-refractivity contribution in [2.45, 2.75) is 23.6 Å². The number of amides is 1. The molecule has 0 aliphatic carbocycles. The van der Waals surface area contributed by atoms with Crippen LogP contribution in [-0.2, 0) is 29.2 Å². The molecule has 1 amide bonds. The minimum absolute atomic E-state index is 0.280. The van der Waals surface area contributed by atoms with Crippen molar-refractivity contribution < 1.29 is 58.4 Å². The topological polar surface area (TPSA) is 119 Å². The smallest absolute Gasteiger partial charge is 0.410 e. The molecule has 15 heteroatoms. The zero-order chi connectivity index (χ0) is 23.4. The molecule has 0 heterocycles. The van der Waals surface area contributed by atoms with Crippen molar-refractivity contribution in [3.05, 3.63) is 42.7 Å². The first-order chi connectivity index (χ1) is 13.5. The number of carbonyl (C=O) groups excluding carboxylic acids is 2. The molecule has 0 aromatic heterocycles. The Kier molecular flexibility index (Phi) is 7.63. The van der Waals surface area contributed by atoms with Crippen LogP contribution in [0, 0.1) is 0 Å². The first-order valence-corrected chi connectivity index (χ1v) is 8.97. The summed E-state index contributed by atoms with van der Waals surface area (Å²) in [4.78, 5) is 23.6. The van der Waals surface area contributed by atoms with Crippen LogP contribution in [0.15, 0.2) is 42.7 Å². The zero-order valence-corrected chi connectivity index (χ0v) is 15.4. The Morgan fingerprint density at radius 1 is 1.10 bits per heavy atom. The largest absolute Gasteiger partial charge is 0.466 e. The maximum atomic E-state index is 13.6. The van der Waals surface area contributed by atoms with Crippen molar-refractivity contribution in [3.63, 3.8) is 0 Å². The lowest BCUT2D eigenvalue weighted by atomic mass is 10.2. The van der Waals surface area contributed by atoms with Gasteiger partial charge in [0, 0.05) is 5.69 Å². The molecular weight excluding hydrogens is 452 g/mol. The number of para-hydroxylation sites is 1. The molecule has 1 atom stereocenters. The summed E-state index contributed by atoms with van der Waals surface area (Å²) in [5.74, 6) is -11.4. The van der Waals surface area contributed by atoms with Crippen molar-refractivity contribution in [2.75, 3.05) is 11.9 Å². The van der Waals surface area contributed by atoms with E-state index < -0.39 is 58.1 Å². The second-order valence-corrected chi connectivity index (χ2v) is 6.99. The van der Waals surface area contributed by atoms with Gasteiger partial charge in [0.1, 0.15) is 0 Å². The lowest BCUT2D eigenvalue weighted by Gasteiger charge is -2.33. The number of halogens is 6. The molecule has 1 unspecified atom stereocenters. The summed E-state index contributed by atoms with van der Waals surface area (Å²) in [7, 11) is -6.04. The Hall–Kier alpha value is -2.65. The second-order valence-electron chi connectivity index (χ2n) is 5.44. The number of carbonyl (C=O) groups is 2. The summed E-state index contributed by atoms with van der Waals surface area (Å²) in [6, 6.07) is 6.19. The van der Waals surface area contributed by atoms with E-state index in [4.69, 9.17) is 4.55 Å². The molecule has 0 spiro atoms. The van der Waals surface area contributed by atoms with Crippen LogP contribution in [0.2, 0.25) is 0 Å². The minimum atomic E-state index is -6.04. The number of anilines is 1. The van der Waals surface area contributed by atoms with Crippen molar-refractivity contribution in [3.8, 4) is 0 Å². The van der Waals surface area contributed by atoms with Gasteiger partial charge in [0.25, 0.3) is 0 Å². The number of esters is 1. The molecule has 168 valence electrons. The fourth-order valence-corrected chi connectivity index (χ4v) is 2.11. The van der Waals surface area contributed by atoms with E-state index in [1.807, 2.05) is 0 Å². The Labute approximate surface area is 165 Å². The summed E-state index contributed by atoms with van der Waals surface area (Å²) < 4.78 is 118. The van der Waals surface area contributed by atoms with Gasteiger partial charge in [-0.15, -0.1) is 0 Å². The van der Waals surface area contributed by atoms with E-state index in [2.05, 4.69) is 16.1 Å². The second kappa shape index (κ2) is 9.01. The lowest BCUT2D eigenvalue weighted by Crippen LogP contribution is -2.60. The number of hydrogen-bond donors (Lipinski definition) is 2. The molecule has 2 N–H and O–H groups in total. The number of nitrogens with one attached hydrogen (secondary N) is 1. The van der Waals surface area contributed by atoms with Crippen LogP contribution in [0.4, 0.5) is 32.0 Å². The third kappa shape index (κ3) is 5.93. The van der Waals surface area contributed by atoms with E-state index in [0.29, 0.717) is 0 Å². The molecule has 0 aliphatic rings. The summed E-state index contributed by atoms with van der Waals surface area (Å²) in [5.41, 5.74) is -0.280. The van der Waals surface area contributed by atoms with E-state index >= 15 is 0 Å². The Morgan fingerprint density at radius 3 is 2.07 bits per heavy atom. The zero-order valence-electron chi connectivity index (χ0n) is 14.6. The summed E-state index contributed by atoms with van der Waals surface area (Å²) >= 11 is 0. The number of benzene rings is 1. The molecule has 8 nitrogen and oxygen atoms in total. The van der Waals surface area contributed by atoms with Crippen molar-refractivity contribution >= 4 is 27.7 Å². The third-order valence-corrected chi connectivity index (χ3v) is 4.20. The van der Waals surface area contributed by atoms with E-state index in [1.54, 1.807) is 5.32 Å². The Bertz CT molecular complexity index is 904. The fourth-order valence-electron chi connectivity index (χ4n) is 1.77. The highest BCUT2D eigenvalue weighted by atomic mass is 32.2. The third-order valence-electron chi connectivity index (χ3n) is 3.24. The van der Waals surface area contributed by atoms with Crippen molar-refractivity contribution in [2.24, 2.45) is 0 Å². The van der Waals surface area contributed by atoms with Gasteiger partial charge >= 0.3 is 39.2 Å². The molecular formula is C15H13F6NO7S. The van der Waals surface area contributed by atoms with E-state index in [-0.39, 0.29) is 5.69 Å². The van der Waals surface area contributed by atoms with Crippen LogP contribution in [0.25, 0.3) is 0 Å². The first-order valence-electron chi connectivity index (χ1n) is 7.53. The molecule has 30 heavy (non-hydrogen) atoms. The molecule has 1 aromatic carbocycles. The van der Waals surface area contributed by atoms with Gasteiger partial charge in [-0.25, -0.2) is 4.79 Å². The van der Waals surface area contributed by atoms with Gasteiger partial charge < -0.3 is 14.8 Å². The highest BCUT2D eigenvalue weighted by molar-refractivity contribution is 7.86. The molecule has 0 radical (unpaired) electrons. The SMILES string of the molecule is C=C(F)C(=O)OC(OCCC(F)(F)S(=O)(=O)O)(C(=O)Nc1ccccc1)C(F)(F)F. The summed E-state index contributed by atoms with van der Waals surface area (Å²) in [6.07, 6.45) is -8.03. The first kappa shape index (κ1) is 25.4. The standard InChI is InChI=1S/C15H13F6NO7S/c1-9(16)11(23)29-14(15(19,20)21,12(24)22-10-5-3-2-4-6-10)28-8-7-13(17,18)30(25,26)27/h2-6H,1,7-8H2,(H,22,24)(H,25,26,27).